The average Bonchev–Trinajstić information content (AvgIpc) is 3.07. The first-order valence-electron chi connectivity index (χ1n) is 5.14. The summed E-state index contributed by atoms with van der Waals surface area (Å²) in [5, 5.41) is 12.5. The topological polar surface area (TPSA) is 74.3 Å². The maximum absolute atomic E-state index is 10.5. The fourth-order valence-electron chi connectivity index (χ4n) is 1.65. The quantitative estimate of drug-likeness (QED) is 0.616. The number of carboxylic acid groups (broad SMARTS) is 1. The molecule has 1 aliphatic rings. The van der Waals surface area contributed by atoms with Gasteiger partial charge in [-0.2, -0.15) is 5.06 Å². The van der Waals surface area contributed by atoms with Crippen molar-refractivity contribution in [2.24, 2.45) is 0 Å². The number of hydrogen-bond acceptors (Lipinski definition) is 4. The van der Waals surface area contributed by atoms with E-state index in [2.05, 4.69) is 5.32 Å². The number of hydroxylamine groups is 2. The minimum Gasteiger partial charge on any atom is -0.465 e. The second kappa shape index (κ2) is 4.70. The summed E-state index contributed by atoms with van der Waals surface area (Å²) >= 11 is 0. The number of amides is 1. The molecule has 1 heterocycles. The maximum Gasteiger partial charge on any atom is 0.409 e. The van der Waals surface area contributed by atoms with E-state index in [0.29, 0.717) is 5.69 Å². The standard InChI is InChI=1S/C11H14N2O4/c1-13(16-2)10-9(17-10)7-4-3-5-8(6-7)12-11(14)15/h3-6,9-10,12H,1-2H3,(H,14,15). The van der Waals surface area contributed by atoms with Crippen LogP contribution in [0.25, 0.3) is 0 Å². The molecule has 0 saturated carbocycles. The highest BCUT2D eigenvalue weighted by Gasteiger charge is 2.44. The molecule has 17 heavy (non-hydrogen) atoms. The van der Waals surface area contributed by atoms with Gasteiger partial charge in [0.1, 0.15) is 6.10 Å². The first-order valence-corrected chi connectivity index (χ1v) is 5.14. The lowest BCUT2D eigenvalue weighted by atomic mass is 10.1. The smallest absolute Gasteiger partial charge is 0.409 e. The Hall–Kier alpha value is -1.63. The molecule has 0 bridgehead atoms. The summed E-state index contributed by atoms with van der Waals surface area (Å²) in [5.74, 6) is 0. The van der Waals surface area contributed by atoms with Gasteiger partial charge in [-0.1, -0.05) is 12.1 Å². The SMILES string of the molecule is CON(C)C1OC1c1cccc(NC(=O)O)c1. The lowest BCUT2D eigenvalue weighted by Gasteiger charge is -2.09. The van der Waals surface area contributed by atoms with Gasteiger partial charge in [-0.25, -0.2) is 4.79 Å². The largest absolute Gasteiger partial charge is 0.465 e. The van der Waals surface area contributed by atoms with Crippen molar-refractivity contribution >= 4 is 11.8 Å². The first kappa shape index (κ1) is 11.8. The molecule has 1 aromatic carbocycles. The van der Waals surface area contributed by atoms with Crippen LogP contribution in [0.15, 0.2) is 24.3 Å². The molecule has 1 fully saturated rings. The molecule has 2 atom stereocenters. The fourth-order valence-corrected chi connectivity index (χ4v) is 1.65. The van der Waals surface area contributed by atoms with E-state index in [1.165, 1.54) is 0 Å². The van der Waals surface area contributed by atoms with Crippen LogP contribution >= 0.6 is 0 Å². The van der Waals surface area contributed by atoms with Gasteiger partial charge in [0.25, 0.3) is 0 Å². The van der Waals surface area contributed by atoms with E-state index in [1.807, 2.05) is 6.07 Å². The number of nitrogens with one attached hydrogen (secondary N) is 1. The minimum atomic E-state index is -1.08. The number of carbonyl (C=O) groups is 1. The summed E-state index contributed by atoms with van der Waals surface area (Å²) in [7, 11) is 3.35. The van der Waals surface area contributed by atoms with Crippen LogP contribution in [0.3, 0.4) is 0 Å². The summed E-state index contributed by atoms with van der Waals surface area (Å²) in [6, 6.07) is 7.12. The van der Waals surface area contributed by atoms with Gasteiger partial charge in [0.05, 0.1) is 7.11 Å². The molecule has 1 saturated heterocycles. The molecule has 0 aromatic heterocycles. The number of nitrogens with zero attached hydrogens (tertiary/aromatic N) is 1. The summed E-state index contributed by atoms with van der Waals surface area (Å²) < 4.78 is 5.44. The second-order valence-electron chi connectivity index (χ2n) is 3.73. The molecule has 6 heteroatoms. The Labute approximate surface area is 98.7 Å². The summed E-state index contributed by atoms with van der Waals surface area (Å²) in [5.41, 5.74) is 1.45. The van der Waals surface area contributed by atoms with Crippen LogP contribution in [0.5, 0.6) is 0 Å². The third-order valence-electron chi connectivity index (χ3n) is 2.58. The van der Waals surface area contributed by atoms with Gasteiger partial charge in [0.15, 0.2) is 6.23 Å². The molecule has 1 amide bonds. The highest BCUT2D eigenvalue weighted by atomic mass is 16.7. The Balaban J connectivity index is 2.05. The second-order valence-corrected chi connectivity index (χ2v) is 3.73. The number of epoxide rings is 1. The Morgan fingerprint density at radius 3 is 3.00 bits per heavy atom. The van der Waals surface area contributed by atoms with Gasteiger partial charge in [-0.15, -0.1) is 0 Å². The number of hydrogen-bond donors (Lipinski definition) is 2. The molecule has 0 aliphatic carbocycles. The summed E-state index contributed by atoms with van der Waals surface area (Å²) in [6.45, 7) is 0. The first-order chi connectivity index (χ1) is 8.11. The summed E-state index contributed by atoms with van der Waals surface area (Å²) in [4.78, 5) is 15.5. The molecule has 6 nitrogen and oxygen atoms in total. The molecule has 2 rings (SSSR count). The number of rotatable bonds is 4. The van der Waals surface area contributed by atoms with E-state index in [9.17, 15) is 4.79 Å². The van der Waals surface area contributed by atoms with Crippen LogP contribution < -0.4 is 5.32 Å². The van der Waals surface area contributed by atoms with Gasteiger partial charge < -0.3 is 9.84 Å². The van der Waals surface area contributed by atoms with E-state index in [0.717, 1.165) is 5.56 Å². The number of likely N-dealkylation sites (N-methyl/N-ethyl adjacent to an activating group) is 1. The zero-order valence-corrected chi connectivity index (χ0v) is 9.58. The van der Waals surface area contributed by atoms with Crippen molar-refractivity contribution in [3.8, 4) is 0 Å². The highest BCUT2D eigenvalue weighted by molar-refractivity contribution is 5.82. The van der Waals surface area contributed by atoms with E-state index in [-0.39, 0.29) is 12.3 Å². The van der Waals surface area contributed by atoms with Gasteiger partial charge in [0, 0.05) is 12.7 Å². The van der Waals surface area contributed by atoms with E-state index < -0.39 is 6.09 Å². The normalized spacial score (nSPS) is 22.5. The monoisotopic (exact) mass is 238 g/mol. The van der Waals surface area contributed by atoms with Crippen LogP contribution in [0.4, 0.5) is 10.5 Å². The molecule has 0 radical (unpaired) electrons. The Bertz CT molecular complexity index is 424. The Kier molecular flexibility index (Phi) is 3.28. The number of ether oxygens (including phenoxy) is 1. The Morgan fingerprint density at radius 1 is 1.59 bits per heavy atom. The van der Waals surface area contributed by atoms with Crippen LogP contribution in [-0.4, -0.2) is 36.6 Å². The van der Waals surface area contributed by atoms with Crippen LogP contribution in [-0.2, 0) is 9.57 Å². The van der Waals surface area contributed by atoms with E-state index in [4.69, 9.17) is 14.7 Å². The lowest BCUT2D eigenvalue weighted by Crippen LogP contribution is -2.20. The van der Waals surface area contributed by atoms with Gasteiger partial charge in [0.2, 0.25) is 0 Å². The molecule has 2 unspecified atom stereocenters. The Morgan fingerprint density at radius 2 is 2.35 bits per heavy atom. The van der Waals surface area contributed by atoms with Crippen molar-refractivity contribution in [3.63, 3.8) is 0 Å². The predicted molar refractivity (Wildman–Crippen MR) is 60.5 cm³/mol. The van der Waals surface area contributed by atoms with Gasteiger partial charge in [-0.3, -0.25) is 10.2 Å². The van der Waals surface area contributed by atoms with Crippen LogP contribution in [0, 0.1) is 0 Å². The number of benzene rings is 1. The van der Waals surface area contributed by atoms with Gasteiger partial charge >= 0.3 is 6.09 Å². The zero-order valence-electron chi connectivity index (χ0n) is 9.58. The van der Waals surface area contributed by atoms with Gasteiger partial charge in [-0.05, 0) is 17.7 Å². The van der Waals surface area contributed by atoms with Crippen molar-refractivity contribution in [1.82, 2.24) is 5.06 Å². The van der Waals surface area contributed by atoms with Crippen molar-refractivity contribution in [3.05, 3.63) is 29.8 Å². The molecular formula is C11H14N2O4. The third kappa shape index (κ3) is 2.73. The average molecular weight is 238 g/mol. The van der Waals surface area contributed by atoms with Crippen molar-refractivity contribution < 1.29 is 19.5 Å². The fraction of sp³-hybridized carbons (Fsp3) is 0.364. The van der Waals surface area contributed by atoms with Crippen LogP contribution in [0.1, 0.15) is 11.7 Å². The minimum absolute atomic E-state index is 0.0736. The zero-order chi connectivity index (χ0) is 12.4. The van der Waals surface area contributed by atoms with Crippen LogP contribution in [0.2, 0.25) is 0 Å². The van der Waals surface area contributed by atoms with Crippen molar-refractivity contribution in [1.29, 1.82) is 0 Å². The maximum atomic E-state index is 10.5. The third-order valence-corrected chi connectivity index (χ3v) is 2.58. The molecule has 2 N–H and O–H groups in total. The molecular weight excluding hydrogens is 224 g/mol. The van der Waals surface area contributed by atoms with E-state index >= 15 is 0 Å². The number of anilines is 1. The van der Waals surface area contributed by atoms with Crippen molar-refractivity contribution in [2.75, 3.05) is 19.5 Å². The van der Waals surface area contributed by atoms with E-state index in [1.54, 1.807) is 37.4 Å². The molecule has 0 spiro atoms. The molecule has 92 valence electrons. The lowest BCUT2D eigenvalue weighted by molar-refractivity contribution is -0.138. The summed E-state index contributed by atoms with van der Waals surface area (Å²) in [6.07, 6.45) is -1.26. The predicted octanol–water partition coefficient (Wildman–Crippen LogP) is 1.67. The van der Waals surface area contributed by atoms with Crippen molar-refractivity contribution in [2.45, 2.75) is 12.3 Å². The molecule has 1 aliphatic heterocycles. The molecule has 1 aromatic rings. The highest BCUT2D eigenvalue weighted by Crippen LogP contribution is 2.40.